The number of nitrogens with two attached hydrogens (primary N) is 1. The van der Waals surface area contributed by atoms with Crippen LogP contribution in [0.15, 0.2) is 18.5 Å². The number of hydrogen-bond donors (Lipinski definition) is 3. The average Bonchev–Trinajstić information content (AvgIpc) is 2.97. The van der Waals surface area contributed by atoms with E-state index in [-0.39, 0.29) is 11.2 Å². The second kappa shape index (κ2) is 5.33. The summed E-state index contributed by atoms with van der Waals surface area (Å²) < 4.78 is 0. The number of hydrogen-bond acceptors (Lipinski definition) is 6. The summed E-state index contributed by atoms with van der Waals surface area (Å²) in [7, 11) is 0. The van der Waals surface area contributed by atoms with E-state index in [4.69, 9.17) is 5.73 Å². The molecule has 1 unspecified atom stereocenters. The van der Waals surface area contributed by atoms with Gasteiger partial charge in [0.1, 0.15) is 5.75 Å². The van der Waals surface area contributed by atoms with Gasteiger partial charge in [-0.2, -0.15) is 4.98 Å². The Bertz CT molecular complexity index is 627. The van der Waals surface area contributed by atoms with E-state index in [2.05, 4.69) is 32.0 Å². The minimum atomic E-state index is 0.110. The highest BCUT2D eigenvalue weighted by atomic mass is 16.3. The van der Waals surface area contributed by atoms with Crippen LogP contribution < -0.4 is 10.6 Å². The van der Waals surface area contributed by atoms with Gasteiger partial charge in [-0.3, -0.25) is 10.1 Å². The first-order valence-electron chi connectivity index (χ1n) is 7.11. The molecule has 0 bridgehead atoms. The zero-order valence-corrected chi connectivity index (χ0v) is 12.1. The van der Waals surface area contributed by atoms with Gasteiger partial charge in [0, 0.05) is 24.8 Å². The molecule has 2 aromatic heterocycles. The van der Waals surface area contributed by atoms with Crippen molar-refractivity contribution in [1.82, 2.24) is 20.2 Å². The third-order valence-corrected chi connectivity index (χ3v) is 4.03. The van der Waals surface area contributed by atoms with E-state index in [9.17, 15) is 5.11 Å². The van der Waals surface area contributed by atoms with Crippen molar-refractivity contribution in [3.8, 4) is 17.1 Å². The average molecular weight is 288 g/mol. The van der Waals surface area contributed by atoms with Crippen molar-refractivity contribution in [2.45, 2.75) is 19.8 Å². The molecule has 0 amide bonds. The summed E-state index contributed by atoms with van der Waals surface area (Å²) in [5.74, 6) is 1.39. The van der Waals surface area contributed by atoms with E-state index in [0.29, 0.717) is 23.9 Å². The lowest BCUT2D eigenvalue weighted by Gasteiger charge is -2.39. The first-order chi connectivity index (χ1) is 10.1. The van der Waals surface area contributed by atoms with Gasteiger partial charge in [0.15, 0.2) is 5.82 Å². The van der Waals surface area contributed by atoms with E-state index >= 15 is 0 Å². The Morgan fingerprint density at radius 1 is 1.48 bits per heavy atom. The molecule has 2 aromatic rings. The molecule has 1 atom stereocenters. The number of nitrogens with zero attached hydrogens (tertiary/aromatic N) is 4. The van der Waals surface area contributed by atoms with Crippen molar-refractivity contribution in [2.24, 2.45) is 11.1 Å². The number of anilines is 1. The van der Waals surface area contributed by atoms with E-state index in [1.807, 2.05) is 0 Å². The van der Waals surface area contributed by atoms with Crippen LogP contribution in [-0.4, -0.2) is 44.9 Å². The van der Waals surface area contributed by atoms with Crippen LogP contribution in [0.1, 0.15) is 19.8 Å². The summed E-state index contributed by atoms with van der Waals surface area (Å²) in [6.45, 7) is 4.66. The Hall–Kier alpha value is -2.15. The van der Waals surface area contributed by atoms with Crippen LogP contribution in [-0.2, 0) is 0 Å². The number of pyridine rings is 1. The van der Waals surface area contributed by atoms with Crippen LogP contribution in [0, 0.1) is 5.41 Å². The SMILES string of the molecule is CC1(CN)CCCN(c2n[nH]c(-c3cncc(O)c3)n2)C1. The quantitative estimate of drug-likeness (QED) is 0.782. The normalized spacial score (nSPS) is 22.5. The molecule has 4 N–H and O–H groups in total. The number of H-pyrrole nitrogens is 1. The molecule has 7 nitrogen and oxygen atoms in total. The van der Waals surface area contributed by atoms with Crippen LogP contribution in [0.25, 0.3) is 11.4 Å². The molecular formula is C14H20N6O. The second-order valence-corrected chi connectivity index (χ2v) is 5.96. The van der Waals surface area contributed by atoms with Crippen LogP contribution in [0.2, 0.25) is 0 Å². The lowest BCUT2D eigenvalue weighted by atomic mass is 9.82. The Morgan fingerprint density at radius 3 is 3.10 bits per heavy atom. The Balaban J connectivity index is 1.82. The molecule has 0 spiro atoms. The summed E-state index contributed by atoms with van der Waals surface area (Å²) in [6, 6.07) is 1.61. The van der Waals surface area contributed by atoms with E-state index in [1.165, 1.54) is 6.20 Å². The van der Waals surface area contributed by atoms with E-state index in [0.717, 1.165) is 25.9 Å². The van der Waals surface area contributed by atoms with Crippen molar-refractivity contribution >= 4 is 5.95 Å². The van der Waals surface area contributed by atoms with Gasteiger partial charge in [-0.15, -0.1) is 5.10 Å². The number of nitrogens with one attached hydrogen (secondary N) is 1. The molecule has 0 radical (unpaired) electrons. The highest BCUT2D eigenvalue weighted by Gasteiger charge is 2.31. The molecule has 112 valence electrons. The maximum absolute atomic E-state index is 9.48. The Labute approximate surface area is 123 Å². The molecular weight excluding hydrogens is 268 g/mol. The van der Waals surface area contributed by atoms with Gasteiger partial charge in [-0.05, 0) is 30.9 Å². The third kappa shape index (κ3) is 2.82. The first kappa shape index (κ1) is 13.8. The van der Waals surface area contributed by atoms with Crippen molar-refractivity contribution in [2.75, 3.05) is 24.5 Å². The summed E-state index contributed by atoms with van der Waals surface area (Å²) in [6.07, 6.45) is 5.25. The number of aromatic nitrogens is 4. The number of aromatic amines is 1. The van der Waals surface area contributed by atoms with Crippen LogP contribution >= 0.6 is 0 Å². The van der Waals surface area contributed by atoms with E-state index < -0.39 is 0 Å². The highest BCUT2D eigenvalue weighted by Crippen LogP contribution is 2.30. The predicted molar refractivity (Wildman–Crippen MR) is 79.9 cm³/mol. The molecule has 3 heterocycles. The second-order valence-electron chi connectivity index (χ2n) is 5.96. The minimum Gasteiger partial charge on any atom is -0.506 e. The van der Waals surface area contributed by atoms with Gasteiger partial charge in [0.2, 0.25) is 5.95 Å². The molecule has 1 aliphatic rings. The summed E-state index contributed by atoms with van der Waals surface area (Å²) >= 11 is 0. The standard InChI is InChI=1S/C14H20N6O/c1-14(8-15)3-2-4-20(9-14)13-17-12(18-19-13)10-5-11(21)7-16-6-10/h5-7,21H,2-4,8-9,15H2,1H3,(H,17,18,19). The molecule has 7 heteroatoms. The largest absolute Gasteiger partial charge is 0.506 e. The van der Waals surface area contributed by atoms with Crippen LogP contribution in [0.5, 0.6) is 5.75 Å². The van der Waals surface area contributed by atoms with Crippen molar-refractivity contribution < 1.29 is 5.11 Å². The minimum absolute atomic E-state index is 0.110. The maximum atomic E-state index is 9.48. The third-order valence-electron chi connectivity index (χ3n) is 4.03. The van der Waals surface area contributed by atoms with Crippen LogP contribution in [0.4, 0.5) is 5.95 Å². The Kier molecular flexibility index (Phi) is 3.50. The molecule has 1 saturated heterocycles. The lowest BCUT2D eigenvalue weighted by Crippen LogP contribution is -2.46. The topological polar surface area (TPSA) is 104 Å². The molecule has 1 aliphatic heterocycles. The van der Waals surface area contributed by atoms with Gasteiger partial charge in [0.25, 0.3) is 0 Å². The molecule has 0 aromatic carbocycles. The van der Waals surface area contributed by atoms with Crippen molar-refractivity contribution in [1.29, 1.82) is 0 Å². The van der Waals surface area contributed by atoms with Gasteiger partial charge >= 0.3 is 0 Å². The number of piperidine rings is 1. The number of rotatable bonds is 3. The molecule has 3 rings (SSSR count). The maximum Gasteiger partial charge on any atom is 0.245 e. The lowest BCUT2D eigenvalue weighted by molar-refractivity contribution is 0.270. The monoisotopic (exact) mass is 288 g/mol. The summed E-state index contributed by atoms with van der Waals surface area (Å²) in [5, 5.41) is 16.7. The molecule has 0 aliphatic carbocycles. The van der Waals surface area contributed by atoms with Gasteiger partial charge < -0.3 is 15.7 Å². The summed E-state index contributed by atoms with van der Waals surface area (Å²) in [5.41, 5.74) is 6.71. The van der Waals surface area contributed by atoms with Crippen molar-refractivity contribution in [3.05, 3.63) is 18.5 Å². The molecule has 21 heavy (non-hydrogen) atoms. The Morgan fingerprint density at radius 2 is 2.33 bits per heavy atom. The fourth-order valence-electron chi connectivity index (χ4n) is 2.73. The van der Waals surface area contributed by atoms with Crippen LogP contribution in [0.3, 0.4) is 0 Å². The highest BCUT2D eigenvalue weighted by molar-refractivity contribution is 5.56. The zero-order valence-electron chi connectivity index (χ0n) is 12.1. The van der Waals surface area contributed by atoms with Gasteiger partial charge in [-0.1, -0.05) is 6.92 Å². The smallest absolute Gasteiger partial charge is 0.245 e. The first-order valence-corrected chi connectivity index (χ1v) is 7.11. The molecule has 0 saturated carbocycles. The zero-order chi connectivity index (χ0) is 14.9. The van der Waals surface area contributed by atoms with Gasteiger partial charge in [0.05, 0.1) is 6.20 Å². The fourth-order valence-corrected chi connectivity index (χ4v) is 2.73. The fraction of sp³-hybridized carbons (Fsp3) is 0.500. The predicted octanol–water partition coefficient (Wildman–Crippen LogP) is 1.14. The number of aromatic hydroxyl groups is 1. The summed E-state index contributed by atoms with van der Waals surface area (Å²) in [4.78, 5) is 10.6. The van der Waals surface area contributed by atoms with Gasteiger partial charge in [-0.25, -0.2) is 0 Å². The van der Waals surface area contributed by atoms with Crippen molar-refractivity contribution in [3.63, 3.8) is 0 Å². The van der Waals surface area contributed by atoms with E-state index in [1.54, 1.807) is 12.3 Å². The molecule has 1 fully saturated rings.